The number of rotatable bonds is 5. The fourth-order valence-corrected chi connectivity index (χ4v) is 7.25. The number of alkyl halides is 6. The molecule has 0 saturated heterocycles. The van der Waals surface area contributed by atoms with E-state index in [9.17, 15) is 13.9 Å². The SMILES string of the molecule is Cc1nc(-c2ccccc2)sc1C1C(c2sc(-c3ccccc3)cc2CO)C(F)(F)C(F)(F)C1(F)F. The van der Waals surface area contributed by atoms with Gasteiger partial charge in [-0.05, 0) is 24.1 Å². The van der Waals surface area contributed by atoms with Gasteiger partial charge >= 0.3 is 17.8 Å². The summed E-state index contributed by atoms with van der Waals surface area (Å²) < 4.78 is 91.1. The van der Waals surface area contributed by atoms with Gasteiger partial charge in [-0.15, -0.1) is 22.7 Å². The van der Waals surface area contributed by atoms with Crippen molar-refractivity contribution in [1.29, 1.82) is 0 Å². The second kappa shape index (κ2) is 8.71. The van der Waals surface area contributed by atoms with Gasteiger partial charge < -0.3 is 5.11 Å². The number of aliphatic hydroxyl groups is 1. The predicted molar refractivity (Wildman–Crippen MR) is 128 cm³/mol. The number of aromatic nitrogens is 1. The highest BCUT2D eigenvalue weighted by molar-refractivity contribution is 7.16. The molecule has 1 N–H and O–H groups in total. The Morgan fingerprint density at radius 2 is 1.31 bits per heavy atom. The van der Waals surface area contributed by atoms with Crippen LogP contribution in [0.5, 0.6) is 0 Å². The minimum Gasteiger partial charge on any atom is -0.392 e. The largest absolute Gasteiger partial charge is 0.392 e. The Morgan fingerprint density at radius 3 is 1.86 bits per heavy atom. The van der Waals surface area contributed by atoms with E-state index < -0.39 is 36.2 Å². The molecule has 2 atom stereocenters. The number of halogens is 6. The van der Waals surface area contributed by atoms with Crippen LogP contribution in [0.15, 0.2) is 66.7 Å². The van der Waals surface area contributed by atoms with Crippen molar-refractivity contribution in [3.05, 3.63) is 87.7 Å². The first-order valence-corrected chi connectivity index (χ1v) is 12.6. The van der Waals surface area contributed by atoms with E-state index in [0.29, 0.717) is 27.3 Å². The molecule has 188 valence electrons. The average Bonchev–Trinajstić information content (AvgIpc) is 3.48. The van der Waals surface area contributed by atoms with Crippen molar-refractivity contribution in [1.82, 2.24) is 4.98 Å². The first-order valence-electron chi connectivity index (χ1n) is 11.0. The van der Waals surface area contributed by atoms with Crippen molar-refractivity contribution in [3.63, 3.8) is 0 Å². The van der Waals surface area contributed by atoms with Crippen LogP contribution in [-0.2, 0) is 6.61 Å². The molecule has 4 aromatic rings. The molecule has 10 heteroatoms. The van der Waals surface area contributed by atoms with Gasteiger partial charge in [0, 0.05) is 20.2 Å². The summed E-state index contributed by atoms with van der Waals surface area (Å²) in [4.78, 5) is 3.97. The lowest BCUT2D eigenvalue weighted by Gasteiger charge is -2.25. The van der Waals surface area contributed by atoms with Crippen LogP contribution in [-0.4, -0.2) is 27.9 Å². The Morgan fingerprint density at radius 1 is 0.778 bits per heavy atom. The third-order valence-corrected chi connectivity index (χ3v) is 9.04. The molecule has 0 spiro atoms. The highest BCUT2D eigenvalue weighted by Crippen LogP contribution is 2.70. The van der Waals surface area contributed by atoms with Gasteiger partial charge in [0.25, 0.3) is 0 Å². The van der Waals surface area contributed by atoms with Crippen molar-refractivity contribution in [3.8, 4) is 21.0 Å². The molecule has 5 rings (SSSR count). The summed E-state index contributed by atoms with van der Waals surface area (Å²) in [6.07, 6.45) is 0. The number of hydrogen-bond acceptors (Lipinski definition) is 4. The zero-order chi connectivity index (χ0) is 25.9. The molecule has 2 aromatic carbocycles. The third kappa shape index (κ3) is 3.61. The first kappa shape index (κ1) is 25.0. The molecular weight excluding hydrogens is 520 g/mol. The summed E-state index contributed by atoms with van der Waals surface area (Å²) in [5.74, 6) is -20.8. The van der Waals surface area contributed by atoms with Crippen LogP contribution < -0.4 is 0 Å². The van der Waals surface area contributed by atoms with Gasteiger partial charge in [-0.25, -0.2) is 4.98 Å². The van der Waals surface area contributed by atoms with Gasteiger partial charge in [0.05, 0.1) is 24.1 Å². The zero-order valence-electron chi connectivity index (χ0n) is 18.7. The molecule has 1 aliphatic carbocycles. The lowest BCUT2D eigenvalue weighted by atomic mass is 9.87. The van der Waals surface area contributed by atoms with Crippen LogP contribution in [0.4, 0.5) is 26.3 Å². The normalized spacial score (nSPS) is 22.1. The predicted octanol–water partition coefficient (Wildman–Crippen LogP) is 8.13. The Balaban J connectivity index is 1.71. The van der Waals surface area contributed by atoms with E-state index in [1.807, 2.05) is 0 Å². The maximum Gasteiger partial charge on any atom is 0.373 e. The molecule has 0 bridgehead atoms. The second-order valence-electron chi connectivity index (χ2n) is 8.63. The number of thiophene rings is 1. The summed E-state index contributed by atoms with van der Waals surface area (Å²) in [5.41, 5.74) is 1.08. The van der Waals surface area contributed by atoms with E-state index in [1.165, 1.54) is 13.0 Å². The van der Waals surface area contributed by atoms with Gasteiger partial charge in [0.2, 0.25) is 0 Å². The van der Waals surface area contributed by atoms with E-state index in [-0.39, 0.29) is 26.0 Å². The van der Waals surface area contributed by atoms with Crippen LogP contribution in [0.3, 0.4) is 0 Å². The molecule has 1 fully saturated rings. The summed E-state index contributed by atoms with van der Waals surface area (Å²) in [6.45, 7) is 0.600. The first-order chi connectivity index (χ1) is 17.0. The molecule has 1 saturated carbocycles. The molecule has 2 aromatic heterocycles. The van der Waals surface area contributed by atoms with E-state index in [2.05, 4.69) is 4.98 Å². The minimum atomic E-state index is -5.61. The number of thiazole rings is 1. The Bertz CT molecular complexity index is 1380. The van der Waals surface area contributed by atoms with Crippen molar-refractivity contribution < 1.29 is 31.4 Å². The van der Waals surface area contributed by atoms with Crippen molar-refractivity contribution >= 4 is 22.7 Å². The quantitative estimate of drug-likeness (QED) is 0.260. The second-order valence-corrected chi connectivity index (χ2v) is 10.7. The van der Waals surface area contributed by atoms with Crippen LogP contribution in [0.2, 0.25) is 0 Å². The van der Waals surface area contributed by atoms with Crippen LogP contribution >= 0.6 is 22.7 Å². The maximum atomic E-state index is 15.4. The van der Waals surface area contributed by atoms with E-state index >= 15 is 17.6 Å². The average molecular weight is 540 g/mol. The molecule has 0 radical (unpaired) electrons. The lowest BCUT2D eigenvalue weighted by molar-refractivity contribution is -0.274. The summed E-state index contributed by atoms with van der Waals surface area (Å²) in [5, 5.41) is 10.2. The highest BCUT2D eigenvalue weighted by atomic mass is 32.1. The zero-order valence-corrected chi connectivity index (χ0v) is 20.3. The summed E-state index contributed by atoms with van der Waals surface area (Å²) in [7, 11) is 0. The van der Waals surface area contributed by atoms with Gasteiger partial charge in [0.1, 0.15) is 5.01 Å². The van der Waals surface area contributed by atoms with Crippen molar-refractivity contribution in [2.24, 2.45) is 0 Å². The number of aryl methyl sites for hydroxylation is 1. The Kier molecular flexibility index (Phi) is 6.04. The molecule has 1 aliphatic rings. The standard InChI is InChI=1S/C26H19F6NOS2/c1-14-21(36-23(33-14)16-10-6-3-7-11-16)19-20(25(29,30)26(31,32)24(19,27)28)22-17(13-34)12-18(35-22)15-8-4-2-5-9-15/h2-12,19-20,34H,13H2,1H3. The number of benzene rings is 2. The number of hydrogen-bond donors (Lipinski definition) is 1. The van der Waals surface area contributed by atoms with Gasteiger partial charge in [0.15, 0.2) is 0 Å². The molecule has 2 unspecified atom stereocenters. The molecule has 36 heavy (non-hydrogen) atoms. The smallest absolute Gasteiger partial charge is 0.373 e. The fraction of sp³-hybridized carbons (Fsp3) is 0.269. The molecule has 0 amide bonds. The van der Waals surface area contributed by atoms with Crippen molar-refractivity contribution in [2.75, 3.05) is 0 Å². The monoisotopic (exact) mass is 539 g/mol. The fourth-order valence-electron chi connectivity index (χ4n) is 4.64. The van der Waals surface area contributed by atoms with Crippen LogP contribution in [0.25, 0.3) is 21.0 Å². The van der Waals surface area contributed by atoms with Crippen molar-refractivity contribution in [2.45, 2.75) is 43.1 Å². The number of aliphatic hydroxyl groups excluding tert-OH is 1. The van der Waals surface area contributed by atoms with Gasteiger partial charge in [-0.3, -0.25) is 0 Å². The van der Waals surface area contributed by atoms with Gasteiger partial charge in [-0.2, -0.15) is 26.3 Å². The van der Waals surface area contributed by atoms with E-state index in [1.54, 1.807) is 60.7 Å². The van der Waals surface area contributed by atoms with Gasteiger partial charge in [-0.1, -0.05) is 60.7 Å². The molecule has 2 heterocycles. The minimum absolute atomic E-state index is 0.00702. The maximum absolute atomic E-state index is 15.4. The molecule has 0 aliphatic heterocycles. The summed E-state index contributed by atoms with van der Waals surface area (Å²) in [6, 6.07) is 18.4. The van der Waals surface area contributed by atoms with Crippen LogP contribution in [0.1, 0.15) is 32.8 Å². The summed E-state index contributed by atoms with van der Waals surface area (Å²) >= 11 is 1.44. The third-order valence-electron chi connectivity index (χ3n) is 6.44. The highest BCUT2D eigenvalue weighted by Gasteiger charge is 2.85. The Hall–Kier alpha value is -2.69. The molecule has 2 nitrogen and oxygen atoms in total. The number of nitrogens with zero attached hydrogens (tertiary/aromatic N) is 1. The Labute approximate surface area is 210 Å². The van der Waals surface area contributed by atoms with E-state index in [4.69, 9.17) is 0 Å². The van der Waals surface area contributed by atoms with Crippen LogP contribution in [0, 0.1) is 6.92 Å². The molecular formula is C26H19F6NOS2. The topological polar surface area (TPSA) is 33.1 Å². The van der Waals surface area contributed by atoms with E-state index in [0.717, 1.165) is 11.3 Å². The lowest BCUT2D eigenvalue weighted by Crippen LogP contribution is -2.48.